The van der Waals surface area contributed by atoms with Crippen molar-refractivity contribution in [2.75, 3.05) is 31.7 Å². The van der Waals surface area contributed by atoms with Crippen LogP contribution in [0.3, 0.4) is 0 Å². The largest absolute Gasteiger partial charge is 0.385 e. The Balaban J connectivity index is 1.60. The second-order valence-corrected chi connectivity index (χ2v) is 7.45. The normalized spacial score (nSPS) is 16.8. The lowest BCUT2D eigenvalue weighted by atomic mass is 10.1. The van der Waals surface area contributed by atoms with Crippen LogP contribution in [-0.2, 0) is 16.0 Å². The van der Waals surface area contributed by atoms with Crippen molar-refractivity contribution < 1.29 is 9.53 Å². The van der Waals surface area contributed by atoms with Gasteiger partial charge >= 0.3 is 0 Å². The summed E-state index contributed by atoms with van der Waals surface area (Å²) < 4.78 is 9.48. The van der Waals surface area contributed by atoms with Crippen LogP contribution in [0.1, 0.15) is 30.7 Å². The Hall–Kier alpha value is -1.70. The number of carbonyl (C=O) groups is 1. The Morgan fingerprint density at radius 1 is 1.42 bits per heavy atom. The zero-order chi connectivity index (χ0) is 18.4. The Morgan fingerprint density at radius 2 is 2.23 bits per heavy atom. The molecule has 0 aliphatic carbocycles. The van der Waals surface area contributed by atoms with Crippen LogP contribution < -0.4 is 10.2 Å². The lowest BCUT2D eigenvalue weighted by Crippen LogP contribution is -2.43. The van der Waals surface area contributed by atoms with Crippen molar-refractivity contribution in [1.29, 1.82) is 0 Å². The second-order valence-electron chi connectivity index (χ2n) is 6.29. The molecule has 140 valence electrons. The number of aromatic nitrogens is 2. The molecule has 1 amide bonds. The van der Waals surface area contributed by atoms with E-state index in [1.165, 1.54) is 11.5 Å². The molecule has 1 aliphatic rings. The van der Waals surface area contributed by atoms with Gasteiger partial charge in [0, 0.05) is 49.8 Å². The number of anilines is 1. The average molecular weight is 395 g/mol. The third kappa shape index (κ3) is 4.93. The van der Waals surface area contributed by atoms with Gasteiger partial charge in [-0.15, -0.1) is 0 Å². The first-order chi connectivity index (χ1) is 12.7. The van der Waals surface area contributed by atoms with Gasteiger partial charge in [0.05, 0.1) is 0 Å². The van der Waals surface area contributed by atoms with Crippen molar-refractivity contribution in [2.24, 2.45) is 0 Å². The first kappa shape index (κ1) is 19.1. The van der Waals surface area contributed by atoms with Crippen molar-refractivity contribution in [3.63, 3.8) is 0 Å². The predicted molar refractivity (Wildman–Crippen MR) is 104 cm³/mol. The van der Waals surface area contributed by atoms with E-state index in [-0.39, 0.29) is 11.9 Å². The first-order valence-corrected chi connectivity index (χ1v) is 9.93. The molecule has 1 atom stereocenters. The molecule has 6 nitrogen and oxygen atoms in total. The number of benzene rings is 1. The van der Waals surface area contributed by atoms with Crippen molar-refractivity contribution in [2.45, 2.75) is 31.7 Å². The van der Waals surface area contributed by atoms with Crippen LogP contribution in [0, 0.1) is 0 Å². The minimum Gasteiger partial charge on any atom is -0.385 e. The van der Waals surface area contributed by atoms with Gasteiger partial charge in [0.1, 0.15) is 11.9 Å². The summed E-state index contributed by atoms with van der Waals surface area (Å²) in [6.45, 7) is 2.12. The molecule has 0 saturated carbocycles. The second kappa shape index (κ2) is 9.30. The summed E-state index contributed by atoms with van der Waals surface area (Å²) in [5.74, 6) is 0.839. The molecule has 1 unspecified atom stereocenters. The molecule has 0 bridgehead atoms. The molecule has 2 heterocycles. The number of amides is 1. The highest BCUT2D eigenvalue weighted by atomic mass is 35.5. The van der Waals surface area contributed by atoms with E-state index in [2.05, 4.69) is 19.6 Å². The van der Waals surface area contributed by atoms with E-state index in [4.69, 9.17) is 16.3 Å². The summed E-state index contributed by atoms with van der Waals surface area (Å²) in [6, 6.07) is 7.54. The van der Waals surface area contributed by atoms with Crippen LogP contribution in [0.2, 0.25) is 5.02 Å². The van der Waals surface area contributed by atoms with Crippen molar-refractivity contribution in [1.82, 2.24) is 14.7 Å². The third-order valence-corrected chi connectivity index (χ3v) is 5.40. The fraction of sp³-hybridized carbons (Fsp3) is 0.500. The number of halogens is 1. The molecule has 1 saturated heterocycles. The summed E-state index contributed by atoms with van der Waals surface area (Å²) in [4.78, 5) is 19.2. The summed E-state index contributed by atoms with van der Waals surface area (Å²) in [6.07, 6.45) is 3.32. The van der Waals surface area contributed by atoms with Crippen molar-refractivity contribution >= 4 is 34.2 Å². The van der Waals surface area contributed by atoms with Crippen LogP contribution in [0.4, 0.5) is 5.13 Å². The zero-order valence-corrected chi connectivity index (χ0v) is 16.4. The molecule has 1 N–H and O–H groups in total. The summed E-state index contributed by atoms with van der Waals surface area (Å²) >= 11 is 7.28. The fourth-order valence-corrected chi connectivity index (χ4v) is 3.92. The van der Waals surface area contributed by atoms with Gasteiger partial charge in [0.25, 0.3) is 0 Å². The number of hydrogen-bond acceptors (Lipinski definition) is 6. The van der Waals surface area contributed by atoms with E-state index in [0.29, 0.717) is 19.6 Å². The number of ether oxygens (including phenoxy) is 1. The number of nitrogens with zero attached hydrogens (tertiary/aromatic N) is 3. The zero-order valence-electron chi connectivity index (χ0n) is 14.8. The van der Waals surface area contributed by atoms with Gasteiger partial charge in [-0.25, -0.2) is 4.98 Å². The van der Waals surface area contributed by atoms with Crippen LogP contribution in [0.15, 0.2) is 24.3 Å². The van der Waals surface area contributed by atoms with Crippen molar-refractivity contribution in [3.8, 4) is 0 Å². The monoisotopic (exact) mass is 394 g/mol. The molecule has 1 aromatic heterocycles. The number of methoxy groups -OCH3 is 1. The number of rotatable bonds is 8. The molecule has 1 fully saturated rings. The van der Waals surface area contributed by atoms with Crippen LogP contribution >= 0.6 is 23.1 Å². The van der Waals surface area contributed by atoms with E-state index in [1.54, 1.807) is 7.11 Å². The Labute approximate surface area is 162 Å². The smallest absolute Gasteiger partial charge is 0.242 e. The Kier molecular flexibility index (Phi) is 6.82. The molecule has 26 heavy (non-hydrogen) atoms. The van der Waals surface area contributed by atoms with Crippen LogP contribution in [-0.4, -0.2) is 48.1 Å². The lowest BCUT2D eigenvalue weighted by molar-refractivity contribution is -0.122. The molecule has 0 spiro atoms. The minimum absolute atomic E-state index is 0.0630. The summed E-state index contributed by atoms with van der Waals surface area (Å²) in [5.41, 5.74) is 1.12. The van der Waals surface area contributed by atoms with Crippen LogP contribution in [0.25, 0.3) is 0 Å². The van der Waals surface area contributed by atoms with E-state index in [1.807, 2.05) is 24.3 Å². The van der Waals surface area contributed by atoms with E-state index in [9.17, 15) is 4.79 Å². The van der Waals surface area contributed by atoms with Gasteiger partial charge in [-0.3, -0.25) is 4.79 Å². The Morgan fingerprint density at radius 3 is 3.00 bits per heavy atom. The number of nitrogens with one attached hydrogen (secondary N) is 1. The van der Waals surface area contributed by atoms with Gasteiger partial charge in [-0.1, -0.05) is 23.7 Å². The fourth-order valence-electron chi connectivity index (χ4n) is 3.03. The average Bonchev–Trinajstić information content (AvgIpc) is 3.29. The molecule has 0 radical (unpaired) electrons. The molecule has 2 aromatic rings. The van der Waals surface area contributed by atoms with E-state index < -0.39 is 0 Å². The number of carbonyl (C=O) groups excluding carboxylic acids is 1. The van der Waals surface area contributed by atoms with Gasteiger partial charge in [0.15, 0.2) is 0 Å². The standard InChI is InChI=1S/C18H23ClN4O2S/c1-25-11-3-9-20-17(24)15-4-2-10-23(15)18-21-16(22-26-18)12-13-5-7-14(19)8-6-13/h5-8,15H,2-4,9-12H2,1H3,(H,20,24). The molecular weight excluding hydrogens is 372 g/mol. The van der Waals surface area contributed by atoms with Gasteiger partial charge in [-0.05, 0) is 37.0 Å². The minimum atomic E-state index is -0.158. The van der Waals surface area contributed by atoms with Gasteiger partial charge in [0.2, 0.25) is 11.0 Å². The quantitative estimate of drug-likeness (QED) is 0.697. The number of hydrogen-bond donors (Lipinski definition) is 1. The highest BCUT2D eigenvalue weighted by Crippen LogP contribution is 2.27. The van der Waals surface area contributed by atoms with Crippen LogP contribution in [0.5, 0.6) is 0 Å². The SMILES string of the molecule is COCCCNC(=O)C1CCCN1c1nc(Cc2ccc(Cl)cc2)ns1. The predicted octanol–water partition coefficient (Wildman–Crippen LogP) is 2.90. The lowest BCUT2D eigenvalue weighted by Gasteiger charge is -2.22. The molecule has 1 aromatic carbocycles. The summed E-state index contributed by atoms with van der Waals surface area (Å²) in [5, 5.41) is 4.54. The van der Waals surface area contributed by atoms with Gasteiger partial charge < -0.3 is 15.0 Å². The maximum atomic E-state index is 12.5. The summed E-state index contributed by atoms with van der Waals surface area (Å²) in [7, 11) is 1.66. The maximum absolute atomic E-state index is 12.5. The van der Waals surface area contributed by atoms with E-state index in [0.717, 1.165) is 47.3 Å². The molecule has 8 heteroatoms. The van der Waals surface area contributed by atoms with E-state index >= 15 is 0 Å². The Bertz CT molecular complexity index is 722. The van der Waals surface area contributed by atoms with Gasteiger partial charge in [-0.2, -0.15) is 4.37 Å². The highest BCUT2D eigenvalue weighted by molar-refractivity contribution is 7.09. The van der Waals surface area contributed by atoms with Crippen molar-refractivity contribution in [3.05, 3.63) is 40.7 Å². The molecular formula is C18H23ClN4O2S. The first-order valence-electron chi connectivity index (χ1n) is 8.77. The highest BCUT2D eigenvalue weighted by Gasteiger charge is 2.32. The third-order valence-electron chi connectivity index (χ3n) is 4.36. The topological polar surface area (TPSA) is 67.3 Å². The maximum Gasteiger partial charge on any atom is 0.242 e. The molecule has 1 aliphatic heterocycles. The molecule has 3 rings (SSSR count).